The van der Waals surface area contributed by atoms with Crippen molar-refractivity contribution in [2.24, 2.45) is 0 Å². The van der Waals surface area contributed by atoms with Crippen LogP contribution < -0.4 is 9.47 Å². The van der Waals surface area contributed by atoms with Crippen LogP contribution in [0.1, 0.15) is 11.1 Å². The Hall–Kier alpha value is -1.66. The number of methoxy groups -OCH3 is 1. The maximum atomic E-state index is 13.7. The Morgan fingerprint density at radius 3 is 2.29 bits per heavy atom. The molecule has 0 bridgehead atoms. The summed E-state index contributed by atoms with van der Waals surface area (Å²) in [5, 5.41) is 8.87. The van der Waals surface area contributed by atoms with Gasteiger partial charge in [0.05, 0.1) is 18.2 Å². The van der Waals surface area contributed by atoms with Crippen LogP contribution in [0.4, 0.5) is 8.78 Å². The third-order valence-electron chi connectivity index (χ3n) is 2.84. The third kappa shape index (κ3) is 3.71. The highest BCUT2D eigenvalue weighted by Gasteiger charge is 2.13. The molecule has 0 aliphatic rings. The van der Waals surface area contributed by atoms with Gasteiger partial charge in [-0.2, -0.15) is 0 Å². The van der Waals surface area contributed by atoms with Crippen molar-refractivity contribution in [3.8, 4) is 11.5 Å². The first-order chi connectivity index (χ1) is 10.0. The largest absolute Gasteiger partial charge is 0.496 e. The molecule has 6 heteroatoms. The fourth-order valence-electron chi connectivity index (χ4n) is 1.80. The Morgan fingerprint density at radius 1 is 1.10 bits per heavy atom. The first-order valence-corrected chi connectivity index (χ1v) is 6.88. The molecule has 2 aromatic carbocycles. The highest BCUT2D eigenvalue weighted by molar-refractivity contribution is 9.10. The van der Waals surface area contributed by atoms with Gasteiger partial charge in [-0.1, -0.05) is 6.07 Å². The van der Waals surface area contributed by atoms with Crippen LogP contribution in [-0.4, -0.2) is 12.2 Å². The second-order valence-electron chi connectivity index (χ2n) is 4.30. The van der Waals surface area contributed by atoms with Gasteiger partial charge in [-0.25, -0.2) is 8.78 Å². The van der Waals surface area contributed by atoms with Crippen LogP contribution in [0.5, 0.6) is 11.5 Å². The van der Waals surface area contributed by atoms with E-state index in [2.05, 4.69) is 15.9 Å². The molecule has 3 nitrogen and oxygen atoms in total. The lowest BCUT2D eigenvalue weighted by atomic mass is 10.2. The highest BCUT2D eigenvalue weighted by atomic mass is 79.9. The second kappa shape index (κ2) is 6.87. The molecule has 2 rings (SSSR count). The third-order valence-corrected chi connectivity index (χ3v) is 3.46. The Kier molecular flexibility index (Phi) is 5.14. The van der Waals surface area contributed by atoms with E-state index >= 15 is 0 Å². The standard InChI is InChI=1S/C15H13BrF2O3/c1-20-14-3-2-9(4-11(14)16)8-21-15-12(17)5-10(7-19)6-13(15)18/h2-6,19H,7-8H2,1H3. The monoisotopic (exact) mass is 358 g/mol. The van der Waals surface area contributed by atoms with E-state index in [0.29, 0.717) is 5.75 Å². The molecular weight excluding hydrogens is 346 g/mol. The van der Waals surface area contributed by atoms with E-state index in [9.17, 15) is 8.78 Å². The first-order valence-electron chi connectivity index (χ1n) is 6.09. The van der Waals surface area contributed by atoms with E-state index in [1.807, 2.05) is 0 Å². The Balaban J connectivity index is 2.15. The number of benzene rings is 2. The van der Waals surface area contributed by atoms with E-state index in [1.54, 1.807) is 25.3 Å². The number of aliphatic hydroxyl groups excluding tert-OH is 1. The van der Waals surface area contributed by atoms with Crippen LogP contribution in [0, 0.1) is 11.6 Å². The van der Waals surface area contributed by atoms with Crippen LogP contribution in [0.2, 0.25) is 0 Å². The van der Waals surface area contributed by atoms with Crippen LogP contribution in [0.25, 0.3) is 0 Å². The molecule has 0 heterocycles. The molecule has 0 spiro atoms. The molecular formula is C15H13BrF2O3. The topological polar surface area (TPSA) is 38.7 Å². The number of hydrogen-bond acceptors (Lipinski definition) is 3. The second-order valence-corrected chi connectivity index (χ2v) is 5.16. The van der Waals surface area contributed by atoms with Gasteiger partial charge in [-0.15, -0.1) is 0 Å². The molecule has 2 aromatic rings. The van der Waals surface area contributed by atoms with Gasteiger partial charge in [0.15, 0.2) is 17.4 Å². The minimum atomic E-state index is -0.841. The van der Waals surface area contributed by atoms with Gasteiger partial charge in [0, 0.05) is 0 Å². The van der Waals surface area contributed by atoms with Crippen LogP contribution in [-0.2, 0) is 13.2 Å². The summed E-state index contributed by atoms with van der Waals surface area (Å²) in [6.45, 7) is -0.422. The lowest BCUT2D eigenvalue weighted by Crippen LogP contribution is -2.01. The molecule has 0 radical (unpaired) electrons. The summed E-state index contributed by atoms with van der Waals surface area (Å²) in [7, 11) is 1.55. The van der Waals surface area contributed by atoms with Gasteiger partial charge < -0.3 is 14.6 Å². The minimum absolute atomic E-state index is 0.00884. The number of rotatable bonds is 5. The average molecular weight is 359 g/mol. The summed E-state index contributed by atoms with van der Waals surface area (Å²) in [4.78, 5) is 0. The van der Waals surface area contributed by atoms with Crippen molar-refractivity contribution < 1.29 is 23.4 Å². The first kappa shape index (κ1) is 15.7. The minimum Gasteiger partial charge on any atom is -0.496 e. The van der Waals surface area contributed by atoms with Crippen molar-refractivity contribution in [3.05, 3.63) is 57.6 Å². The zero-order chi connectivity index (χ0) is 15.4. The van der Waals surface area contributed by atoms with E-state index in [-0.39, 0.29) is 12.2 Å². The molecule has 21 heavy (non-hydrogen) atoms. The summed E-state index contributed by atoms with van der Waals surface area (Å²) >= 11 is 3.32. The molecule has 1 N–H and O–H groups in total. The van der Waals surface area contributed by atoms with Crippen molar-refractivity contribution in [1.29, 1.82) is 0 Å². The van der Waals surface area contributed by atoms with E-state index in [1.165, 1.54) is 0 Å². The zero-order valence-electron chi connectivity index (χ0n) is 11.2. The highest BCUT2D eigenvalue weighted by Crippen LogP contribution is 2.28. The summed E-state index contributed by atoms with van der Waals surface area (Å²) in [6, 6.07) is 7.30. The summed E-state index contributed by atoms with van der Waals surface area (Å²) in [6.07, 6.45) is 0. The maximum Gasteiger partial charge on any atom is 0.191 e. The normalized spacial score (nSPS) is 10.5. The fraction of sp³-hybridized carbons (Fsp3) is 0.200. The lowest BCUT2D eigenvalue weighted by molar-refractivity contribution is 0.266. The summed E-state index contributed by atoms with van der Waals surface area (Å²) in [5.41, 5.74) is 0.886. The van der Waals surface area contributed by atoms with E-state index < -0.39 is 24.0 Å². The quantitative estimate of drug-likeness (QED) is 0.883. The molecule has 0 unspecified atom stereocenters. The van der Waals surface area contributed by atoms with E-state index in [0.717, 1.165) is 22.2 Å². The summed E-state index contributed by atoms with van der Waals surface area (Å²) in [5.74, 6) is -1.49. The van der Waals surface area contributed by atoms with Crippen molar-refractivity contribution in [2.45, 2.75) is 13.2 Å². The predicted octanol–water partition coefficient (Wildman–Crippen LogP) is 3.81. The molecule has 0 fully saturated rings. The van der Waals surface area contributed by atoms with Crippen LogP contribution in [0.3, 0.4) is 0 Å². The fourth-order valence-corrected chi connectivity index (χ4v) is 2.38. The molecule has 0 atom stereocenters. The molecule has 112 valence electrons. The molecule has 0 aromatic heterocycles. The molecule has 0 aliphatic heterocycles. The SMILES string of the molecule is COc1ccc(COc2c(F)cc(CO)cc2F)cc1Br. The van der Waals surface area contributed by atoms with Gasteiger partial charge in [0.25, 0.3) is 0 Å². The van der Waals surface area contributed by atoms with E-state index in [4.69, 9.17) is 14.6 Å². The molecule has 0 amide bonds. The number of hydrogen-bond donors (Lipinski definition) is 1. The Labute approximate surface area is 129 Å². The van der Waals surface area contributed by atoms with Gasteiger partial charge in [-0.3, -0.25) is 0 Å². The zero-order valence-corrected chi connectivity index (χ0v) is 12.8. The molecule has 0 aliphatic carbocycles. The molecule has 0 saturated heterocycles. The van der Waals surface area contributed by atoms with Crippen LogP contribution >= 0.6 is 15.9 Å². The predicted molar refractivity (Wildman–Crippen MR) is 77.3 cm³/mol. The van der Waals surface area contributed by atoms with Crippen molar-refractivity contribution in [1.82, 2.24) is 0 Å². The van der Waals surface area contributed by atoms with Gasteiger partial charge in [0.2, 0.25) is 0 Å². The number of aliphatic hydroxyl groups is 1. The Morgan fingerprint density at radius 2 is 1.76 bits per heavy atom. The maximum absolute atomic E-state index is 13.7. The van der Waals surface area contributed by atoms with Gasteiger partial charge in [-0.05, 0) is 51.3 Å². The Bertz CT molecular complexity index is 624. The van der Waals surface area contributed by atoms with Gasteiger partial charge in [0.1, 0.15) is 12.4 Å². The van der Waals surface area contributed by atoms with Crippen LogP contribution in [0.15, 0.2) is 34.8 Å². The van der Waals surface area contributed by atoms with Gasteiger partial charge >= 0.3 is 0 Å². The smallest absolute Gasteiger partial charge is 0.191 e. The van der Waals surface area contributed by atoms with Crippen molar-refractivity contribution >= 4 is 15.9 Å². The summed E-state index contributed by atoms with van der Waals surface area (Å²) < 4.78 is 38.4. The van der Waals surface area contributed by atoms with Crippen molar-refractivity contribution in [3.63, 3.8) is 0 Å². The van der Waals surface area contributed by atoms with Crippen molar-refractivity contribution in [2.75, 3.05) is 7.11 Å². The lowest BCUT2D eigenvalue weighted by Gasteiger charge is -2.11. The molecule has 0 saturated carbocycles. The average Bonchev–Trinajstić information content (AvgIpc) is 2.46. The number of ether oxygens (including phenoxy) is 2. The number of halogens is 3.